The minimum absolute atomic E-state index is 0.331. The zero-order chi connectivity index (χ0) is 21.4. The highest BCUT2D eigenvalue weighted by atomic mass is 16.4. The number of rotatable bonds is 12. The van der Waals surface area contributed by atoms with Gasteiger partial charge in [0.05, 0.1) is 0 Å². The lowest BCUT2D eigenvalue weighted by Gasteiger charge is -2.02. The first-order valence-corrected chi connectivity index (χ1v) is 9.69. The van der Waals surface area contributed by atoms with Gasteiger partial charge in [0.2, 0.25) is 0 Å². The molecule has 0 spiro atoms. The third-order valence-electron chi connectivity index (χ3n) is 3.34. The molecule has 0 aromatic rings. The second-order valence-corrected chi connectivity index (χ2v) is 6.77. The van der Waals surface area contributed by atoms with Crippen LogP contribution in [0.25, 0.3) is 0 Å². The monoisotopic (exact) mass is 372 g/mol. The highest BCUT2D eigenvalue weighted by Gasteiger charge is 1.98. The Labute approximate surface area is 162 Å². The van der Waals surface area contributed by atoms with Crippen molar-refractivity contribution in [3.63, 3.8) is 0 Å². The smallest absolute Gasteiger partial charge is 0.303 e. The van der Waals surface area contributed by atoms with Crippen molar-refractivity contribution in [3.05, 3.63) is 26.3 Å². The molecule has 0 saturated heterocycles. The normalized spacial score (nSPS) is 9.15. The molecule has 2 N–H and O–H groups in total. The van der Waals surface area contributed by atoms with Gasteiger partial charge in [-0.05, 0) is 24.7 Å². The Morgan fingerprint density at radius 1 is 0.615 bits per heavy atom. The fraction of sp³-hybridized carbons (Fsp3) is 0.727. The average Bonchev–Trinajstić information content (AvgIpc) is 2.57. The topological polar surface area (TPSA) is 74.6 Å². The molecule has 26 heavy (non-hydrogen) atoms. The number of carboxylic acids is 2. The Morgan fingerprint density at radius 3 is 1.08 bits per heavy atom. The molecule has 0 aromatic heterocycles. The standard InChI is InChI=1S/2C9H18O2.2C2H4/c2*1-8(2)6-4-3-5-7-9(10)11;2*1-2/h2*8H,3-7H2,1-2H3,(H,10,11);2*1-2H2. The quantitative estimate of drug-likeness (QED) is 0.287. The number of hydrogen-bond acceptors (Lipinski definition) is 2. The Morgan fingerprint density at radius 2 is 0.885 bits per heavy atom. The Kier molecular flexibility index (Phi) is 34.9. The van der Waals surface area contributed by atoms with Gasteiger partial charge in [-0.2, -0.15) is 0 Å². The zero-order valence-electron chi connectivity index (χ0n) is 17.8. The summed E-state index contributed by atoms with van der Waals surface area (Å²) >= 11 is 0. The van der Waals surface area contributed by atoms with Gasteiger partial charge in [-0.25, -0.2) is 0 Å². The summed E-state index contributed by atoms with van der Waals surface area (Å²) in [6.45, 7) is 20.8. The summed E-state index contributed by atoms with van der Waals surface area (Å²) < 4.78 is 0. The molecule has 0 radical (unpaired) electrons. The molecule has 4 heteroatoms. The lowest BCUT2D eigenvalue weighted by molar-refractivity contribution is -0.138. The number of aliphatic carboxylic acids is 2. The predicted molar refractivity (Wildman–Crippen MR) is 114 cm³/mol. The van der Waals surface area contributed by atoms with E-state index in [9.17, 15) is 9.59 Å². The van der Waals surface area contributed by atoms with Crippen LogP contribution in [-0.4, -0.2) is 22.2 Å². The van der Waals surface area contributed by atoms with Crippen LogP contribution in [-0.2, 0) is 9.59 Å². The molecule has 0 rings (SSSR count). The summed E-state index contributed by atoms with van der Waals surface area (Å²) in [6.07, 6.45) is 9.24. The van der Waals surface area contributed by atoms with Crippen molar-refractivity contribution in [1.82, 2.24) is 0 Å². The van der Waals surface area contributed by atoms with Crippen molar-refractivity contribution in [2.45, 2.75) is 91.9 Å². The van der Waals surface area contributed by atoms with Gasteiger partial charge in [-0.3, -0.25) is 9.59 Å². The van der Waals surface area contributed by atoms with Crippen LogP contribution in [0.4, 0.5) is 0 Å². The van der Waals surface area contributed by atoms with E-state index in [1.54, 1.807) is 0 Å². The molecule has 0 aliphatic rings. The van der Waals surface area contributed by atoms with Crippen LogP contribution in [0.1, 0.15) is 91.9 Å². The Bertz CT molecular complexity index is 269. The van der Waals surface area contributed by atoms with Crippen LogP contribution in [0.5, 0.6) is 0 Å². The van der Waals surface area contributed by atoms with Gasteiger partial charge in [-0.1, -0.05) is 66.2 Å². The SMILES string of the molecule is C=C.C=C.CC(C)CCCCCC(=O)O.CC(C)CCCCCC(=O)O. The van der Waals surface area contributed by atoms with Crippen LogP contribution < -0.4 is 0 Å². The van der Waals surface area contributed by atoms with E-state index in [0.29, 0.717) is 12.8 Å². The highest BCUT2D eigenvalue weighted by molar-refractivity contribution is 5.66. The van der Waals surface area contributed by atoms with Gasteiger partial charge in [-0.15, -0.1) is 26.3 Å². The minimum Gasteiger partial charge on any atom is -0.481 e. The van der Waals surface area contributed by atoms with Gasteiger partial charge in [0.25, 0.3) is 0 Å². The van der Waals surface area contributed by atoms with Crippen molar-refractivity contribution < 1.29 is 19.8 Å². The molecule has 4 nitrogen and oxygen atoms in total. The number of carbonyl (C=O) groups is 2. The minimum atomic E-state index is -0.672. The van der Waals surface area contributed by atoms with Crippen LogP contribution >= 0.6 is 0 Å². The maximum Gasteiger partial charge on any atom is 0.303 e. The molecule has 156 valence electrons. The fourth-order valence-corrected chi connectivity index (χ4v) is 2.01. The van der Waals surface area contributed by atoms with Crippen molar-refractivity contribution >= 4 is 11.9 Å². The molecule has 0 aliphatic carbocycles. The molecular weight excluding hydrogens is 328 g/mol. The fourth-order valence-electron chi connectivity index (χ4n) is 2.01. The van der Waals surface area contributed by atoms with E-state index in [0.717, 1.165) is 37.5 Å². The van der Waals surface area contributed by atoms with Gasteiger partial charge >= 0.3 is 11.9 Å². The van der Waals surface area contributed by atoms with Crippen molar-refractivity contribution in [3.8, 4) is 0 Å². The molecule has 0 heterocycles. The van der Waals surface area contributed by atoms with Crippen molar-refractivity contribution in [2.24, 2.45) is 11.8 Å². The first kappa shape index (κ1) is 32.1. The largest absolute Gasteiger partial charge is 0.481 e. The van der Waals surface area contributed by atoms with Crippen LogP contribution in [0.15, 0.2) is 26.3 Å². The summed E-state index contributed by atoms with van der Waals surface area (Å²) in [6, 6.07) is 0. The number of carboxylic acid groups (broad SMARTS) is 2. The molecular formula is C22H44O4. The maximum absolute atomic E-state index is 10.1. The molecule has 0 fully saturated rings. The second-order valence-electron chi connectivity index (χ2n) is 6.77. The lowest BCUT2D eigenvalue weighted by atomic mass is 10.0. The molecule has 0 saturated carbocycles. The number of hydrogen-bond donors (Lipinski definition) is 2. The van der Waals surface area contributed by atoms with E-state index < -0.39 is 11.9 Å². The van der Waals surface area contributed by atoms with Crippen LogP contribution in [0, 0.1) is 11.8 Å². The first-order valence-electron chi connectivity index (χ1n) is 9.69. The van der Waals surface area contributed by atoms with E-state index in [-0.39, 0.29) is 0 Å². The summed E-state index contributed by atoms with van der Waals surface area (Å²) in [5.41, 5.74) is 0. The van der Waals surface area contributed by atoms with E-state index in [1.165, 1.54) is 25.7 Å². The maximum atomic E-state index is 10.1. The summed E-state index contributed by atoms with van der Waals surface area (Å²) in [4.78, 5) is 20.2. The third kappa shape index (κ3) is 49.5. The van der Waals surface area contributed by atoms with E-state index >= 15 is 0 Å². The zero-order valence-corrected chi connectivity index (χ0v) is 17.8. The van der Waals surface area contributed by atoms with Gasteiger partial charge in [0.15, 0.2) is 0 Å². The molecule has 0 unspecified atom stereocenters. The van der Waals surface area contributed by atoms with E-state index in [1.807, 2.05) is 0 Å². The van der Waals surface area contributed by atoms with E-state index in [2.05, 4.69) is 54.0 Å². The van der Waals surface area contributed by atoms with Crippen molar-refractivity contribution in [2.75, 3.05) is 0 Å². The highest BCUT2D eigenvalue weighted by Crippen LogP contribution is 2.09. The predicted octanol–water partition coefficient (Wildman–Crippen LogP) is 6.96. The Hall–Kier alpha value is -1.58. The molecule has 0 aromatic carbocycles. The Balaban J connectivity index is -0.000000156. The summed E-state index contributed by atoms with van der Waals surface area (Å²) in [5.74, 6) is 0.156. The van der Waals surface area contributed by atoms with Gasteiger partial charge in [0.1, 0.15) is 0 Å². The van der Waals surface area contributed by atoms with Crippen LogP contribution in [0.3, 0.4) is 0 Å². The molecule has 0 aliphatic heterocycles. The second kappa shape index (κ2) is 28.2. The third-order valence-corrected chi connectivity index (χ3v) is 3.34. The van der Waals surface area contributed by atoms with Gasteiger partial charge < -0.3 is 10.2 Å². The summed E-state index contributed by atoms with van der Waals surface area (Å²) in [5, 5.41) is 16.6. The molecule has 0 atom stereocenters. The molecule has 0 bridgehead atoms. The number of unbranched alkanes of at least 4 members (excludes halogenated alkanes) is 4. The summed E-state index contributed by atoms with van der Waals surface area (Å²) in [7, 11) is 0. The lowest BCUT2D eigenvalue weighted by Crippen LogP contribution is -1.94. The first-order chi connectivity index (χ1) is 12.3. The van der Waals surface area contributed by atoms with Crippen molar-refractivity contribution in [1.29, 1.82) is 0 Å². The van der Waals surface area contributed by atoms with Crippen LogP contribution in [0.2, 0.25) is 0 Å². The van der Waals surface area contributed by atoms with Gasteiger partial charge in [0, 0.05) is 12.8 Å². The molecule has 0 amide bonds. The average molecular weight is 373 g/mol. The van der Waals surface area contributed by atoms with E-state index in [4.69, 9.17) is 10.2 Å².